The van der Waals surface area contributed by atoms with Gasteiger partial charge >= 0.3 is 0 Å². The molecule has 1 aromatic rings. The van der Waals surface area contributed by atoms with Gasteiger partial charge in [-0.1, -0.05) is 6.07 Å². The van der Waals surface area contributed by atoms with Gasteiger partial charge < -0.3 is 14.8 Å². The third kappa shape index (κ3) is 3.30. The second-order valence-corrected chi connectivity index (χ2v) is 5.25. The number of halogens is 1. The van der Waals surface area contributed by atoms with E-state index in [2.05, 4.69) is 16.3 Å². The zero-order chi connectivity index (χ0) is 13.9. The van der Waals surface area contributed by atoms with Crippen LogP contribution in [0.1, 0.15) is 17.2 Å². The summed E-state index contributed by atoms with van der Waals surface area (Å²) in [6.07, 6.45) is 0.0611. The normalized spacial score (nSPS) is 25.3. The van der Waals surface area contributed by atoms with Crippen molar-refractivity contribution in [3.8, 4) is 11.8 Å². The molecule has 3 rings (SSSR count). The summed E-state index contributed by atoms with van der Waals surface area (Å²) in [7, 11) is 1.59. The summed E-state index contributed by atoms with van der Waals surface area (Å²) in [5, 5.41) is 12.4. The Morgan fingerprint density at radius 1 is 1.48 bits per heavy atom. The molecular formula is C15H20ClN3O2. The van der Waals surface area contributed by atoms with Gasteiger partial charge in [0, 0.05) is 32.2 Å². The van der Waals surface area contributed by atoms with E-state index < -0.39 is 0 Å². The minimum Gasteiger partial charge on any atom is -0.495 e. The molecule has 2 aliphatic heterocycles. The molecule has 0 saturated carbocycles. The molecule has 5 nitrogen and oxygen atoms in total. The second-order valence-electron chi connectivity index (χ2n) is 5.25. The van der Waals surface area contributed by atoms with Gasteiger partial charge in [0.15, 0.2) is 0 Å². The van der Waals surface area contributed by atoms with Gasteiger partial charge in [0.2, 0.25) is 0 Å². The van der Waals surface area contributed by atoms with Crippen LogP contribution in [0.25, 0.3) is 0 Å². The summed E-state index contributed by atoms with van der Waals surface area (Å²) in [5.74, 6) is 0.621. The number of nitrogens with zero attached hydrogens (tertiary/aromatic N) is 2. The van der Waals surface area contributed by atoms with E-state index in [1.807, 2.05) is 12.1 Å². The van der Waals surface area contributed by atoms with E-state index >= 15 is 0 Å². The predicted octanol–water partition coefficient (Wildman–Crippen LogP) is 1.33. The Balaban J connectivity index is 0.00000161. The number of fused-ring (bicyclic) bond motifs is 1. The van der Waals surface area contributed by atoms with Crippen LogP contribution in [0, 0.1) is 11.3 Å². The molecule has 114 valence electrons. The van der Waals surface area contributed by atoms with Crippen molar-refractivity contribution in [3.63, 3.8) is 0 Å². The highest BCUT2D eigenvalue weighted by atomic mass is 35.5. The van der Waals surface area contributed by atoms with Gasteiger partial charge in [-0.05, 0) is 17.7 Å². The Bertz CT molecular complexity index is 532. The zero-order valence-corrected chi connectivity index (χ0v) is 12.9. The number of piperazine rings is 1. The molecule has 0 amide bonds. The third-order valence-corrected chi connectivity index (χ3v) is 4.08. The van der Waals surface area contributed by atoms with E-state index in [1.165, 1.54) is 0 Å². The van der Waals surface area contributed by atoms with Gasteiger partial charge in [0.1, 0.15) is 11.8 Å². The molecule has 0 bridgehead atoms. The maximum absolute atomic E-state index is 9.03. The number of morpholine rings is 1. The van der Waals surface area contributed by atoms with E-state index in [0.717, 1.165) is 38.3 Å². The standard InChI is InChI=1S/C15H19N3O2.ClH/c1-19-14-6-11(2-3-12(14)7-16)15-9-18-5-4-17-8-13(18)10-20-15;/h2-3,6,13,15,17H,4-5,8-10H2,1H3;1H/t13-,15-;/m0./s1. The lowest BCUT2D eigenvalue weighted by Gasteiger charge is -2.42. The number of hydrogen-bond donors (Lipinski definition) is 1. The fraction of sp³-hybridized carbons (Fsp3) is 0.533. The first kappa shape index (κ1) is 16.1. The first-order valence-corrected chi connectivity index (χ1v) is 6.96. The molecule has 2 heterocycles. The van der Waals surface area contributed by atoms with Crippen molar-refractivity contribution in [1.29, 1.82) is 5.26 Å². The van der Waals surface area contributed by atoms with Crippen LogP contribution in [0.4, 0.5) is 0 Å². The Morgan fingerprint density at radius 2 is 2.33 bits per heavy atom. The molecule has 2 fully saturated rings. The smallest absolute Gasteiger partial charge is 0.136 e. The van der Waals surface area contributed by atoms with Crippen molar-refractivity contribution in [2.75, 3.05) is 39.9 Å². The molecular weight excluding hydrogens is 290 g/mol. The molecule has 2 saturated heterocycles. The first-order valence-electron chi connectivity index (χ1n) is 6.96. The van der Waals surface area contributed by atoms with Gasteiger partial charge in [0.05, 0.1) is 25.4 Å². The molecule has 0 spiro atoms. The highest BCUT2D eigenvalue weighted by Crippen LogP contribution is 2.29. The highest BCUT2D eigenvalue weighted by Gasteiger charge is 2.31. The number of benzene rings is 1. The number of nitriles is 1. The van der Waals surface area contributed by atoms with Crippen molar-refractivity contribution < 1.29 is 9.47 Å². The SMILES string of the molecule is COc1cc([C@@H]2CN3CCNC[C@H]3CO2)ccc1C#N.Cl. The Labute approximate surface area is 131 Å². The largest absolute Gasteiger partial charge is 0.495 e. The number of nitrogens with one attached hydrogen (secondary N) is 1. The summed E-state index contributed by atoms with van der Waals surface area (Å²) in [6.45, 7) is 4.77. The lowest BCUT2D eigenvalue weighted by molar-refractivity contribution is -0.0718. The average Bonchev–Trinajstić information content (AvgIpc) is 2.53. The lowest BCUT2D eigenvalue weighted by Crippen LogP contribution is -2.57. The van der Waals surface area contributed by atoms with E-state index in [9.17, 15) is 0 Å². The summed E-state index contributed by atoms with van der Waals surface area (Å²) < 4.78 is 11.3. The molecule has 21 heavy (non-hydrogen) atoms. The van der Waals surface area contributed by atoms with Gasteiger partial charge in [-0.15, -0.1) is 12.4 Å². The summed E-state index contributed by atoms with van der Waals surface area (Å²) in [5.41, 5.74) is 1.64. The van der Waals surface area contributed by atoms with Gasteiger partial charge in [-0.3, -0.25) is 4.90 Å². The Morgan fingerprint density at radius 3 is 3.10 bits per heavy atom. The molecule has 0 aromatic heterocycles. The predicted molar refractivity (Wildman–Crippen MR) is 81.9 cm³/mol. The van der Waals surface area contributed by atoms with Crippen LogP contribution in [0.2, 0.25) is 0 Å². The lowest BCUT2D eigenvalue weighted by atomic mass is 10.0. The molecule has 0 aliphatic carbocycles. The molecule has 2 aliphatic rings. The minimum absolute atomic E-state index is 0. The van der Waals surface area contributed by atoms with E-state index in [4.69, 9.17) is 14.7 Å². The zero-order valence-electron chi connectivity index (χ0n) is 12.0. The van der Waals surface area contributed by atoms with Gasteiger partial charge in [-0.25, -0.2) is 0 Å². The molecule has 1 aromatic carbocycles. The number of ether oxygens (including phenoxy) is 2. The van der Waals surface area contributed by atoms with Crippen molar-refractivity contribution in [2.45, 2.75) is 12.1 Å². The van der Waals surface area contributed by atoms with Crippen LogP contribution in [0.5, 0.6) is 5.75 Å². The fourth-order valence-electron chi connectivity index (χ4n) is 2.90. The first-order chi connectivity index (χ1) is 9.81. The topological polar surface area (TPSA) is 57.5 Å². The van der Waals surface area contributed by atoms with Crippen molar-refractivity contribution >= 4 is 12.4 Å². The monoisotopic (exact) mass is 309 g/mol. The van der Waals surface area contributed by atoms with E-state index in [-0.39, 0.29) is 18.5 Å². The Kier molecular flexibility index (Phi) is 5.43. The number of hydrogen-bond acceptors (Lipinski definition) is 5. The van der Waals surface area contributed by atoms with Crippen LogP contribution in [-0.2, 0) is 4.74 Å². The summed E-state index contributed by atoms with van der Waals surface area (Å²) in [6, 6.07) is 8.32. The van der Waals surface area contributed by atoms with Crippen LogP contribution >= 0.6 is 12.4 Å². The van der Waals surface area contributed by atoms with Crippen LogP contribution in [-0.4, -0.2) is 50.8 Å². The summed E-state index contributed by atoms with van der Waals surface area (Å²) >= 11 is 0. The maximum atomic E-state index is 9.03. The maximum Gasteiger partial charge on any atom is 0.136 e. The van der Waals surface area contributed by atoms with Crippen molar-refractivity contribution in [3.05, 3.63) is 29.3 Å². The number of methoxy groups -OCH3 is 1. The van der Waals surface area contributed by atoms with Crippen LogP contribution in [0.3, 0.4) is 0 Å². The van der Waals surface area contributed by atoms with Crippen molar-refractivity contribution in [1.82, 2.24) is 10.2 Å². The van der Waals surface area contributed by atoms with E-state index in [1.54, 1.807) is 13.2 Å². The average molecular weight is 310 g/mol. The van der Waals surface area contributed by atoms with E-state index in [0.29, 0.717) is 17.4 Å². The quantitative estimate of drug-likeness (QED) is 0.893. The van der Waals surface area contributed by atoms with Gasteiger partial charge in [0.25, 0.3) is 0 Å². The Hall–Kier alpha value is -1.32. The minimum atomic E-state index is 0. The molecule has 2 atom stereocenters. The fourth-order valence-corrected chi connectivity index (χ4v) is 2.90. The summed E-state index contributed by atoms with van der Waals surface area (Å²) in [4.78, 5) is 2.48. The van der Waals surface area contributed by atoms with Crippen molar-refractivity contribution in [2.24, 2.45) is 0 Å². The second kappa shape index (κ2) is 7.10. The number of rotatable bonds is 2. The highest BCUT2D eigenvalue weighted by molar-refractivity contribution is 5.85. The molecule has 6 heteroatoms. The molecule has 0 radical (unpaired) electrons. The molecule has 1 N–H and O–H groups in total. The molecule has 0 unspecified atom stereocenters. The van der Waals surface area contributed by atoms with Gasteiger partial charge in [-0.2, -0.15) is 5.26 Å². The van der Waals surface area contributed by atoms with Crippen LogP contribution in [0.15, 0.2) is 18.2 Å². The third-order valence-electron chi connectivity index (χ3n) is 4.08. The van der Waals surface area contributed by atoms with Crippen LogP contribution < -0.4 is 10.1 Å².